The maximum Gasteiger partial charge on any atom is 0.333 e. The van der Waals surface area contributed by atoms with Crippen LogP contribution in [0.3, 0.4) is 0 Å². The first kappa shape index (κ1) is 44.7. The van der Waals surface area contributed by atoms with Gasteiger partial charge >= 0.3 is 5.97 Å². The third kappa shape index (κ3) is 44.0. The molecule has 0 saturated heterocycles. The van der Waals surface area contributed by atoms with Crippen LogP contribution >= 0.6 is 44.3 Å². The molecule has 2 nitrogen and oxygen atoms in total. The van der Waals surface area contributed by atoms with E-state index in [4.69, 9.17) is 49.1 Å². The summed E-state index contributed by atoms with van der Waals surface area (Å²) in [6.45, 7) is 28.3. The predicted molar refractivity (Wildman–Crippen MR) is 188 cm³/mol. The van der Waals surface area contributed by atoms with E-state index in [2.05, 4.69) is 65.9 Å². The van der Waals surface area contributed by atoms with Crippen molar-refractivity contribution in [2.75, 3.05) is 6.61 Å². The molecule has 0 N–H and O–H groups in total. The highest BCUT2D eigenvalue weighted by Crippen LogP contribution is 2.29. The fraction of sp³-hybridized carbons (Fsp3) is 0.741. The van der Waals surface area contributed by atoms with Crippen molar-refractivity contribution < 1.29 is 9.53 Å². The van der Waals surface area contributed by atoms with Crippen LogP contribution in [-0.4, -0.2) is 44.3 Å². The SMILES string of the molecule is C=C(C)C(=O)OCCC[Si](C)(C)Cl.C=CCCCCC(C)[Si](C)(C)Cl.C=CCCCC[Si](C)(C)Cl.[SiH3]Cl. The van der Waals surface area contributed by atoms with Crippen LogP contribution in [-0.2, 0) is 9.53 Å². The summed E-state index contributed by atoms with van der Waals surface area (Å²) in [5, 5.41) is 0. The Labute approximate surface area is 256 Å². The third-order valence-electron chi connectivity index (χ3n) is 5.39. The molecule has 10 heteroatoms. The minimum absolute atomic E-state index is 0.311. The molecule has 0 radical (unpaired) electrons. The third-order valence-corrected chi connectivity index (χ3v) is 13.4. The van der Waals surface area contributed by atoms with Crippen molar-refractivity contribution in [2.24, 2.45) is 0 Å². The highest BCUT2D eigenvalue weighted by molar-refractivity contribution is 7.20. The quantitative estimate of drug-likeness (QED) is 0.0409. The molecule has 0 saturated carbocycles. The molecule has 0 aliphatic rings. The van der Waals surface area contributed by atoms with Crippen molar-refractivity contribution in [3.05, 3.63) is 37.5 Å². The van der Waals surface area contributed by atoms with Crippen LogP contribution in [0.5, 0.6) is 0 Å². The van der Waals surface area contributed by atoms with E-state index in [1.165, 1.54) is 38.1 Å². The molecule has 0 bridgehead atoms. The summed E-state index contributed by atoms with van der Waals surface area (Å²) < 4.78 is 4.92. The Hall–Kier alpha value is 0.718. The lowest BCUT2D eigenvalue weighted by molar-refractivity contribution is -0.138. The molecule has 0 amide bonds. The molecule has 1 unspecified atom stereocenters. The van der Waals surface area contributed by atoms with Crippen LogP contribution in [0.15, 0.2) is 37.5 Å². The van der Waals surface area contributed by atoms with Gasteiger partial charge in [-0.25, -0.2) is 4.79 Å². The van der Waals surface area contributed by atoms with Crippen molar-refractivity contribution in [2.45, 2.75) is 122 Å². The summed E-state index contributed by atoms with van der Waals surface area (Å²) in [6.07, 6.45) is 13.5. The standard InChI is InChI=1S/C10H21ClSi.C9H17ClO2Si.C8H17ClSi.ClH3Si/c1-5-6-7-8-9-10(2)12(3,4)11;1-8(2)9(11)12-6-5-7-13(3,4)10;1-4-5-6-7-8-10(2,3)9;1-2/h5,10H,1,6-9H2,2-4H3;1,5-7H2,2-4H3;4H,1,5-8H2,2-3H3;2H3. The zero-order valence-corrected chi connectivity index (χ0v) is 33.5. The molecule has 37 heavy (non-hydrogen) atoms. The van der Waals surface area contributed by atoms with Gasteiger partial charge in [-0.3, -0.25) is 0 Å². The molecule has 0 aromatic rings. The second-order valence-corrected chi connectivity index (χ2v) is 32.1. The molecule has 0 heterocycles. The van der Waals surface area contributed by atoms with Crippen molar-refractivity contribution in [3.63, 3.8) is 0 Å². The Morgan fingerprint density at radius 3 is 1.59 bits per heavy atom. The maximum atomic E-state index is 10.9. The molecule has 0 fully saturated rings. The van der Waals surface area contributed by atoms with Crippen LogP contribution in [0, 0.1) is 0 Å². The summed E-state index contributed by atoms with van der Waals surface area (Å²) in [4.78, 5) is 10.9. The number of carbonyl (C=O) groups excluding carboxylic acids is 1. The monoisotopic (exact) mass is 666 g/mol. The van der Waals surface area contributed by atoms with E-state index in [1.807, 2.05) is 12.2 Å². The van der Waals surface area contributed by atoms with Crippen LogP contribution < -0.4 is 0 Å². The second kappa shape index (κ2) is 26.9. The Morgan fingerprint density at radius 1 is 0.838 bits per heavy atom. The van der Waals surface area contributed by atoms with Crippen molar-refractivity contribution in [1.29, 1.82) is 0 Å². The van der Waals surface area contributed by atoms with Crippen molar-refractivity contribution in [1.82, 2.24) is 0 Å². The molecule has 0 aromatic heterocycles. The van der Waals surface area contributed by atoms with E-state index >= 15 is 0 Å². The normalized spacial score (nSPS) is 11.9. The zero-order chi connectivity index (χ0) is 30.1. The molecule has 1 atom stereocenters. The number of unbranched alkanes of at least 4 members (excludes halogenated alkanes) is 4. The summed E-state index contributed by atoms with van der Waals surface area (Å²) >= 11 is 23.3. The number of hydrogen-bond acceptors (Lipinski definition) is 2. The Bertz CT molecular complexity index is 584. The number of hydrogen-bond donors (Lipinski definition) is 0. The van der Waals surface area contributed by atoms with Crippen LogP contribution in [0.4, 0.5) is 0 Å². The summed E-state index contributed by atoms with van der Waals surface area (Å²) in [6, 6.07) is 2.21. The molecule has 0 aromatic carbocycles. The smallest absolute Gasteiger partial charge is 0.333 e. The molecular formula is C27H58Cl4O2Si4. The van der Waals surface area contributed by atoms with Crippen LogP contribution in [0.1, 0.15) is 65.2 Å². The van der Waals surface area contributed by atoms with E-state index in [1.54, 1.807) is 6.92 Å². The van der Waals surface area contributed by atoms with Gasteiger partial charge < -0.3 is 4.74 Å². The largest absolute Gasteiger partial charge is 0.462 e. The van der Waals surface area contributed by atoms with E-state index in [0.29, 0.717) is 12.2 Å². The fourth-order valence-electron chi connectivity index (χ4n) is 2.70. The summed E-state index contributed by atoms with van der Waals surface area (Å²) in [5.74, 6) is -0.311. The van der Waals surface area contributed by atoms with E-state index in [0.717, 1.165) is 40.4 Å². The van der Waals surface area contributed by atoms with Crippen molar-refractivity contribution in [3.8, 4) is 0 Å². The van der Waals surface area contributed by atoms with Gasteiger partial charge in [0.15, 0.2) is 14.8 Å². The Kier molecular flexibility index (Phi) is 32.5. The number of esters is 1. The van der Waals surface area contributed by atoms with Gasteiger partial charge in [0.1, 0.15) is 16.9 Å². The zero-order valence-electron chi connectivity index (χ0n) is 25.5. The molecule has 222 valence electrons. The predicted octanol–water partition coefficient (Wildman–Crippen LogP) is 10.8. The van der Waals surface area contributed by atoms with Gasteiger partial charge in [-0.15, -0.1) is 13.2 Å². The minimum Gasteiger partial charge on any atom is -0.462 e. The number of carbonyl (C=O) groups is 1. The molecule has 0 rings (SSSR count). The first-order chi connectivity index (χ1) is 16.9. The van der Waals surface area contributed by atoms with Gasteiger partial charge in [0.25, 0.3) is 0 Å². The number of allylic oxidation sites excluding steroid dienone is 2. The highest BCUT2D eigenvalue weighted by Gasteiger charge is 2.24. The first-order valence-electron chi connectivity index (χ1n) is 13.4. The molecule has 0 aliphatic carbocycles. The number of rotatable bonds is 16. The lowest BCUT2D eigenvalue weighted by Crippen LogP contribution is -2.22. The van der Waals surface area contributed by atoms with Crippen LogP contribution in [0.25, 0.3) is 0 Å². The summed E-state index contributed by atoms with van der Waals surface area (Å²) in [5.41, 5.74) is 1.19. The average Bonchev–Trinajstić information content (AvgIpc) is 2.77. The van der Waals surface area contributed by atoms with Crippen molar-refractivity contribution >= 4 is 82.0 Å². The molecule has 0 aliphatic heterocycles. The molecule has 0 spiro atoms. The highest BCUT2D eigenvalue weighted by atomic mass is 35.6. The van der Waals surface area contributed by atoms with Gasteiger partial charge in [-0.2, -0.15) is 44.3 Å². The van der Waals surface area contributed by atoms with Gasteiger partial charge in [-0.05, 0) is 50.2 Å². The fourth-order valence-corrected chi connectivity index (χ4v) is 6.79. The van der Waals surface area contributed by atoms with E-state index in [9.17, 15) is 4.79 Å². The summed E-state index contributed by atoms with van der Waals surface area (Å²) in [7, 11) is -3.36. The minimum atomic E-state index is -1.50. The van der Waals surface area contributed by atoms with Gasteiger partial charge in [0, 0.05) is 5.57 Å². The lowest BCUT2D eigenvalue weighted by atomic mass is 10.1. The second-order valence-electron chi connectivity index (χ2n) is 11.0. The van der Waals surface area contributed by atoms with Gasteiger partial charge in [0.2, 0.25) is 0 Å². The lowest BCUT2D eigenvalue weighted by Gasteiger charge is -2.21. The Morgan fingerprint density at radius 2 is 1.24 bits per heavy atom. The first-order valence-corrected chi connectivity index (χ1v) is 28.9. The number of ether oxygens (including phenoxy) is 1. The maximum absolute atomic E-state index is 10.9. The Balaban J connectivity index is -0.000000215. The van der Waals surface area contributed by atoms with Gasteiger partial charge in [-0.1, -0.05) is 90.6 Å². The molecular weight excluding hydrogens is 610 g/mol. The van der Waals surface area contributed by atoms with E-state index < -0.39 is 22.2 Å². The topological polar surface area (TPSA) is 26.3 Å². The average molecular weight is 669 g/mol. The number of halogens is 4. The van der Waals surface area contributed by atoms with Gasteiger partial charge in [0.05, 0.1) is 6.61 Å². The van der Waals surface area contributed by atoms with E-state index in [-0.39, 0.29) is 5.97 Å². The van der Waals surface area contributed by atoms with Crippen LogP contribution in [0.2, 0.25) is 56.9 Å².